The van der Waals surface area contributed by atoms with Gasteiger partial charge in [0.15, 0.2) is 6.29 Å². The number of fused-ring (bicyclic) bond motifs is 1. The van der Waals surface area contributed by atoms with Gasteiger partial charge < -0.3 is 4.74 Å². The smallest absolute Gasteiger partial charge is 0.169 e. The molecule has 0 fully saturated rings. The Morgan fingerprint density at radius 1 is 1.18 bits per heavy atom. The second-order valence-electron chi connectivity index (χ2n) is 5.59. The molecule has 0 spiro atoms. The fourth-order valence-electron chi connectivity index (χ4n) is 2.45. The van der Waals surface area contributed by atoms with Crippen LogP contribution in [0.4, 0.5) is 0 Å². The Morgan fingerprint density at radius 2 is 1.91 bits per heavy atom. The van der Waals surface area contributed by atoms with Crippen molar-refractivity contribution in [3.8, 4) is 17.0 Å². The monoisotopic (exact) mass is 294 g/mol. The molecule has 22 heavy (non-hydrogen) atoms. The summed E-state index contributed by atoms with van der Waals surface area (Å²) in [5.41, 5.74) is 4.05. The van der Waals surface area contributed by atoms with Crippen LogP contribution in [-0.4, -0.2) is 21.8 Å². The molecular weight excluding hydrogens is 276 g/mol. The summed E-state index contributed by atoms with van der Waals surface area (Å²) in [5.74, 6) is 0.811. The Kier molecular flexibility index (Phi) is 3.67. The molecule has 0 N–H and O–H groups in total. The van der Waals surface area contributed by atoms with Crippen molar-refractivity contribution >= 4 is 11.9 Å². The molecule has 0 saturated heterocycles. The minimum Gasteiger partial charge on any atom is -0.491 e. The van der Waals surface area contributed by atoms with Gasteiger partial charge in [-0.3, -0.25) is 9.20 Å². The van der Waals surface area contributed by atoms with Crippen molar-refractivity contribution in [2.45, 2.75) is 26.9 Å². The molecular formula is C18H18N2O2. The van der Waals surface area contributed by atoms with Gasteiger partial charge in [0.1, 0.15) is 22.8 Å². The minimum absolute atomic E-state index is 0.134. The van der Waals surface area contributed by atoms with Gasteiger partial charge in [0, 0.05) is 11.8 Å². The summed E-state index contributed by atoms with van der Waals surface area (Å²) in [6, 6.07) is 11.6. The average molecular weight is 294 g/mol. The Hall–Kier alpha value is -2.62. The number of ether oxygens (including phenoxy) is 1. The molecule has 0 aliphatic heterocycles. The molecule has 0 unspecified atom stereocenters. The third-order valence-electron chi connectivity index (χ3n) is 3.43. The van der Waals surface area contributed by atoms with Crippen LogP contribution in [-0.2, 0) is 0 Å². The minimum atomic E-state index is 0.134. The summed E-state index contributed by atoms with van der Waals surface area (Å²) in [6.45, 7) is 5.98. The largest absolute Gasteiger partial charge is 0.491 e. The summed E-state index contributed by atoms with van der Waals surface area (Å²) in [7, 11) is 0. The summed E-state index contributed by atoms with van der Waals surface area (Å²) >= 11 is 0. The maximum atomic E-state index is 11.5. The molecule has 0 atom stereocenters. The van der Waals surface area contributed by atoms with Crippen LogP contribution in [0.15, 0.2) is 42.6 Å². The molecule has 4 nitrogen and oxygen atoms in total. The zero-order valence-electron chi connectivity index (χ0n) is 12.9. The number of aldehydes is 1. The second-order valence-corrected chi connectivity index (χ2v) is 5.59. The Bertz CT molecular complexity index is 817. The summed E-state index contributed by atoms with van der Waals surface area (Å²) in [5, 5.41) is 0. The molecule has 4 heteroatoms. The maximum absolute atomic E-state index is 11.5. The molecule has 0 aliphatic rings. The normalized spacial score (nSPS) is 11.1. The lowest BCUT2D eigenvalue weighted by Gasteiger charge is -2.09. The summed E-state index contributed by atoms with van der Waals surface area (Å²) in [4.78, 5) is 16.1. The van der Waals surface area contributed by atoms with Crippen LogP contribution in [0.3, 0.4) is 0 Å². The lowest BCUT2D eigenvalue weighted by molar-refractivity contribution is 0.111. The second kappa shape index (κ2) is 5.64. The van der Waals surface area contributed by atoms with Crippen LogP contribution >= 0.6 is 0 Å². The van der Waals surface area contributed by atoms with E-state index < -0.39 is 0 Å². The van der Waals surface area contributed by atoms with E-state index in [2.05, 4.69) is 4.98 Å². The fourth-order valence-corrected chi connectivity index (χ4v) is 2.45. The fraction of sp³-hybridized carbons (Fsp3) is 0.222. The third-order valence-corrected chi connectivity index (χ3v) is 3.43. The van der Waals surface area contributed by atoms with Gasteiger partial charge in [-0.05, 0) is 62.7 Å². The van der Waals surface area contributed by atoms with Crippen LogP contribution in [0.25, 0.3) is 16.9 Å². The first-order valence-corrected chi connectivity index (χ1v) is 7.29. The molecule has 0 radical (unpaired) electrons. The predicted octanol–water partition coefficient (Wildman–Crippen LogP) is 3.91. The highest BCUT2D eigenvalue weighted by Gasteiger charge is 2.13. The van der Waals surface area contributed by atoms with Crippen molar-refractivity contribution in [3.63, 3.8) is 0 Å². The summed E-state index contributed by atoms with van der Waals surface area (Å²) < 4.78 is 7.45. The van der Waals surface area contributed by atoms with Crippen LogP contribution in [0.1, 0.15) is 29.9 Å². The standard InChI is InChI=1S/C18H18N2O2/c1-12(2)22-15-6-4-14(5-7-15)18-16(11-21)20-9-8-13(3)10-17(20)19-18/h4-12H,1-3H3. The van der Waals surface area contributed by atoms with Crippen molar-refractivity contribution in [2.75, 3.05) is 0 Å². The number of carbonyl (C=O) groups excluding carboxylic acids is 1. The lowest BCUT2D eigenvalue weighted by atomic mass is 10.1. The topological polar surface area (TPSA) is 43.6 Å². The van der Waals surface area contributed by atoms with Crippen LogP contribution in [0.5, 0.6) is 5.75 Å². The molecule has 0 aliphatic carbocycles. The van der Waals surface area contributed by atoms with E-state index in [0.717, 1.165) is 28.8 Å². The molecule has 0 amide bonds. The maximum Gasteiger partial charge on any atom is 0.169 e. The molecule has 3 aromatic rings. The summed E-state index contributed by atoms with van der Waals surface area (Å²) in [6.07, 6.45) is 2.86. The van der Waals surface area contributed by atoms with E-state index in [4.69, 9.17) is 4.74 Å². The molecule has 1 aromatic carbocycles. The average Bonchev–Trinajstić information content (AvgIpc) is 2.84. The van der Waals surface area contributed by atoms with Gasteiger partial charge in [0.2, 0.25) is 0 Å². The highest BCUT2D eigenvalue weighted by atomic mass is 16.5. The number of hydrogen-bond donors (Lipinski definition) is 0. The zero-order valence-corrected chi connectivity index (χ0v) is 12.9. The van der Waals surface area contributed by atoms with Crippen molar-refractivity contribution in [1.82, 2.24) is 9.38 Å². The van der Waals surface area contributed by atoms with Crippen molar-refractivity contribution in [3.05, 3.63) is 53.9 Å². The number of hydrogen-bond acceptors (Lipinski definition) is 3. The van der Waals surface area contributed by atoms with Crippen LogP contribution < -0.4 is 4.74 Å². The molecule has 2 heterocycles. The molecule has 112 valence electrons. The molecule has 0 bridgehead atoms. The molecule has 3 rings (SSSR count). The lowest BCUT2D eigenvalue weighted by Crippen LogP contribution is -2.05. The van der Waals surface area contributed by atoms with E-state index in [0.29, 0.717) is 11.4 Å². The number of carbonyl (C=O) groups is 1. The van der Waals surface area contributed by atoms with Gasteiger partial charge in [0.05, 0.1) is 6.10 Å². The van der Waals surface area contributed by atoms with Crippen molar-refractivity contribution in [2.24, 2.45) is 0 Å². The molecule has 0 saturated carbocycles. The Labute approximate surface area is 129 Å². The van der Waals surface area contributed by atoms with E-state index in [1.54, 1.807) is 0 Å². The van der Waals surface area contributed by atoms with E-state index in [1.807, 2.05) is 67.8 Å². The Balaban J connectivity index is 2.07. The van der Waals surface area contributed by atoms with Gasteiger partial charge in [-0.25, -0.2) is 4.98 Å². The highest BCUT2D eigenvalue weighted by Crippen LogP contribution is 2.26. The van der Waals surface area contributed by atoms with Crippen molar-refractivity contribution in [1.29, 1.82) is 0 Å². The first-order chi connectivity index (χ1) is 10.6. The van der Waals surface area contributed by atoms with Gasteiger partial charge in [-0.2, -0.15) is 0 Å². The van der Waals surface area contributed by atoms with E-state index in [9.17, 15) is 4.79 Å². The number of pyridine rings is 1. The number of rotatable bonds is 4. The van der Waals surface area contributed by atoms with E-state index in [-0.39, 0.29) is 6.10 Å². The van der Waals surface area contributed by atoms with E-state index in [1.165, 1.54) is 0 Å². The number of nitrogens with zero attached hydrogens (tertiary/aromatic N) is 2. The number of aryl methyl sites for hydroxylation is 1. The van der Waals surface area contributed by atoms with Crippen molar-refractivity contribution < 1.29 is 9.53 Å². The number of aromatic nitrogens is 2. The first kappa shape index (κ1) is 14.3. The van der Waals surface area contributed by atoms with E-state index >= 15 is 0 Å². The molecule has 2 aromatic heterocycles. The van der Waals surface area contributed by atoms with Gasteiger partial charge in [-0.15, -0.1) is 0 Å². The quantitative estimate of drug-likeness (QED) is 0.685. The third kappa shape index (κ3) is 2.60. The first-order valence-electron chi connectivity index (χ1n) is 7.29. The Morgan fingerprint density at radius 3 is 2.55 bits per heavy atom. The van der Waals surface area contributed by atoms with Gasteiger partial charge in [-0.1, -0.05) is 0 Å². The van der Waals surface area contributed by atoms with Crippen LogP contribution in [0, 0.1) is 6.92 Å². The highest BCUT2D eigenvalue weighted by molar-refractivity contribution is 5.86. The number of imidazole rings is 1. The van der Waals surface area contributed by atoms with Crippen LogP contribution in [0.2, 0.25) is 0 Å². The SMILES string of the molecule is Cc1ccn2c(C=O)c(-c3ccc(OC(C)C)cc3)nc2c1. The predicted molar refractivity (Wildman–Crippen MR) is 86.5 cm³/mol. The zero-order chi connectivity index (χ0) is 15.7. The van der Waals surface area contributed by atoms with Gasteiger partial charge >= 0.3 is 0 Å². The van der Waals surface area contributed by atoms with Gasteiger partial charge in [0.25, 0.3) is 0 Å². The number of benzene rings is 1.